The first-order valence-electron chi connectivity index (χ1n) is 8.07. The average molecular weight is 289 g/mol. The van der Waals surface area contributed by atoms with Crippen LogP contribution in [0.2, 0.25) is 0 Å². The van der Waals surface area contributed by atoms with E-state index >= 15 is 0 Å². The van der Waals surface area contributed by atoms with Gasteiger partial charge in [-0.05, 0) is 30.7 Å². The van der Waals surface area contributed by atoms with E-state index in [2.05, 4.69) is 31.3 Å². The van der Waals surface area contributed by atoms with Gasteiger partial charge in [-0.3, -0.25) is 4.79 Å². The Labute approximate surface area is 128 Å². The van der Waals surface area contributed by atoms with Crippen LogP contribution in [-0.2, 0) is 14.9 Å². The third-order valence-corrected chi connectivity index (χ3v) is 4.17. The zero-order valence-electron chi connectivity index (χ0n) is 13.2. The van der Waals surface area contributed by atoms with E-state index < -0.39 is 0 Å². The summed E-state index contributed by atoms with van der Waals surface area (Å²) in [4.78, 5) is 12.5. The van der Waals surface area contributed by atoms with Crippen molar-refractivity contribution in [2.24, 2.45) is 5.92 Å². The van der Waals surface area contributed by atoms with Gasteiger partial charge in [0, 0.05) is 19.8 Å². The Kier molecular flexibility index (Phi) is 5.80. The fourth-order valence-electron chi connectivity index (χ4n) is 2.80. The van der Waals surface area contributed by atoms with Gasteiger partial charge in [0.25, 0.3) is 0 Å². The molecule has 0 aromatic heterocycles. The Bertz CT molecular complexity index is 438. The van der Waals surface area contributed by atoms with E-state index in [9.17, 15) is 4.79 Å². The third-order valence-electron chi connectivity index (χ3n) is 4.17. The molecule has 1 saturated carbocycles. The van der Waals surface area contributed by atoms with E-state index in [0.29, 0.717) is 12.5 Å². The third kappa shape index (κ3) is 4.07. The standard InChI is InChI=1S/C18H27NO2/c1-15(2)14-21-13-7-12-19-17(20)18(10-6-11-18)16-8-4-3-5-9-16/h3-5,8-9,15H,6-7,10-14H2,1-2H3,(H,19,20). The van der Waals surface area contributed by atoms with Crippen LogP contribution in [0.15, 0.2) is 30.3 Å². The lowest BCUT2D eigenvalue weighted by molar-refractivity contribution is -0.130. The molecule has 1 aliphatic rings. The lowest BCUT2D eigenvalue weighted by Gasteiger charge is -2.40. The lowest BCUT2D eigenvalue weighted by Crippen LogP contribution is -2.49. The summed E-state index contributed by atoms with van der Waals surface area (Å²) in [5.74, 6) is 0.750. The molecule has 1 aromatic carbocycles. The average Bonchev–Trinajstić information content (AvgIpc) is 2.42. The number of rotatable bonds is 8. The Morgan fingerprint density at radius 1 is 1.29 bits per heavy atom. The number of benzene rings is 1. The summed E-state index contributed by atoms with van der Waals surface area (Å²) in [5, 5.41) is 3.09. The number of ether oxygens (including phenoxy) is 1. The molecule has 3 nitrogen and oxygen atoms in total. The van der Waals surface area contributed by atoms with Crippen molar-refractivity contribution in [1.29, 1.82) is 0 Å². The van der Waals surface area contributed by atoms with Gasteiger partial charge in [0.15, 0.2) is 0 Å². The zero-order valence-corrected chi connectivity index (χ0v) is 13.2. The first-order chi connectivity index (χ1) is 10.1. The Morgan fingerprint density at radius 2 is 2.00 bits per heavy atom. The summed E-state index contributed by atoms with van der Waals surface area (Å²) in [7, 11) is 0. The number of hydrogen-bond donors (Lipinski definition) is 1. The largest absolute Gasteiger partial charge is 0.381 e. The van der Waals surface area contributed by atoms with Gasteiger partial charge in [-0.1, -0.05) is 50.6 Å². The molecule has 21 heavy (non-hydrogen) atoms. The predicted molar refractivity (Wildman–Crippen MR) is 85.3 cm³/mol. The molecule has 0 bridgehead atoms. The summed E-state index contributed by atoms with van der Waals surface area (Å²) < 4.78 is 5.54. The highest BCUT2D eigenvalue weighted by Crippen LogP contribution is 2.43. The van der Waals surface area contributed by atoms with Crippen LogP contribution in [0, 0.1) is 5.92 Å². The summed E-state index contributed by atoms with van der Waals surface area (Å²) in [6.07, 6.45) is 3.95. The number of hydrogen-bond acceptors (Lipinski definition) is 2. The van der Waals surface area contributed by atoms with Crippen molar-refractivity contribution in [1.82, 2.24) is 5.32 Å². The molecule has 0 heterocycles. The van der Waals surface area contributed by atoms with Gasteiger partial charge in [0.2, 0.25) is 5.91 Å². The normalized spacial score (nSPS) is 16.5. The summed E-state index contributed by atoms with van der Waals surface area (Å²) in [5.41, 5.74) is 0.880. The quantitative estimate of drug-likeness (QED) is 0.746. The van der Waals surface area contributed by atoms with Crippen LogP contribution in [0.3, 0.4) is 0 Å². The SMILES string of the molecule is CC(C)COCCCNC(=O)C1(c2ccccc2)CCC1. The molecule has 1 aromatic rings. The molecule has 1 fully saturated rings. The molecule has 1 N–H and O–H groups in total. The maximum absolute atomic E-state index is 12.5. The second-order valence-electron chi connectivity index (χ2n) is 6.38. The van der Waals surface area contributed by atoms with E-state index in [1.807, 2.05) is 18.2 Å². The first kappa shape index (κ1) is 16.0. The number of carbonyl (C=O) groups excluding carboxylic acids is 1. The number of amides is 1. The van der Waals surface area contributed by atoms with Gasteiger partial charge in [0.05, 0.1) is 5.41 Å². The molecule has 0 spiro atoms. The second kappa shape index (κ2) is 7.60. The molecule has 2 rings (SSSR count). The topological polar surface area (TPSA) is 38.3 Å². The van der Waals surface area contributed by atoms with Gasteiger partial charge < -0.3 is 10.1 Å². The van der Waals surface area contributed by atoms with Crippen LogP contribution in [0.5, 0.6) is 0 Å². The van der Waals surface area contributed by atoms with Gasteiger partial charge in [-0.25, -0.2) is 0 Å². The molecule has 1 amide bonds. The minimum atomic E-state index is -0.278. The lowest BCUT2D eigenvalue weighted by atomic mass is 9.64. The maximum Gasteiger partial charge on any atom is 0.230 e. The molecule has 0 aliphatic heterocycles. The van der Waals surface area contributed by atoms with Gasteiger partial charge in [0.1, 0.15) is 0 Å². The van der Waals surface area contributed by atoms with Gasteiger partial charge >= 0.3 is 0 Å². The van der Waals surface area contributed by atoms with E-state index in [4.69, 9.17) is 4.74 Å². The molecule has 3 heteroatoms. The smallest absolute Gasteiger partial charge is 0.230 e. The molecular weight excluding hydrogens is 262 g/mol. The minimum absolute atomic E-state index is 0.184. The Balaban J connectivity index is 1.77. The zero-order chi connectivity index (χ0) is 15.1. The van der Waals surface area contributed by atoms with Crippen LogP contribution < -0.4 is 5.32 Å². The monoisotopic (exact) mass is 289 g/mol. The maximum atomic E-state index is 12.5. The summed E-state index contributed by atoms with van der Waals surface area (Å²) >= 11 is 0. The molecule has 0 atom stereocenters. The van der Waals surface area contributed by atoms with Crippen LogP contribution in [0.25, 0.3) is 0 Å². The van der Waals surface area contributed by atoms with Gasteiger partial charge in [-0.15, -0.1) is 0 Å². The van der Waals surface area contributed by atoms with Crippen molar-refractivity contribution in [2.45, 2.75) is 44.9 Å². The number of carbonyl (C=O) groups is 1. The van der Waals surface area contributed by atoms with Crippen LogP contribution >= 0.6 is 0 Å². The van der Waals surface area contributed by atoms with Crippen molar-refractivity contribution >= 4 is 5.91 Å². The fraction of sp³-hybridized carbons (Fsp3) is 0.611. The van der Waals surface area contributed by atoms with Crippen molar-refractivity contribution in [2.75, 3.05) is 19.8 Å². The van der Waals surface area contributed by atoms with E-state index in [-0.39, 0.29) is 11.3 Å². The van der Waals surface area contributed by atoms with E-state index in [1.165, 1.54) is 0 Å². The van der Waals surface area contributed by atoms with Crippen LogP contribution in [0.4, 0.5) is 0 Å². The van der Waals surface area contributed by atoms with Crippen molar-refractivity contribution in [3.05, 3.63) is 35.9 Å². The Hall–Kier alpha value is -1.35. The van der Waals surface area contributed by atoms with Crippen LogP contribution in [-0.4, -0.2) is 25.7 Å². The highest BCUT2D eigenvalue weighted by Gasteiger charge is 2.45. The second-order valence-corrected chi connectivity index (χ2v) is 6.38. The van der Waals surface area contributed by atoms with Crippen molar-refractivity contribution in [3.8, 4) is 0 Å². The highest BCUT2D eigenvalue weighted by atomic mass is 16.5. The minimum Gasteiger partial charge on any atom is -0.381 e. The molecule has 116 valence electrons. The van der Waals surface area contributed by atoms with Gasteiger partial charge in [-0.2, -0.15) is 0 Å². The van der Waals surface area contributed by atoms with Crippen molar-refractivity contribution in [3.63, 3.8) is 0 Å². The van der Waals surface area contributed by atoms with Crippen LogP contribution in [0.1, 0.15) is 45.1 Å². The molecular formula is C18H27NO2. The molecule has 0 saturated heterocycles. The number of nitrogens with one attached hydrogen (secondary N) is 1. The van der Waals surface area contributed by atoms with E-state index in [0.717, 1.165) is 44.5 Å². The van der Waals surface area contributed by atoms with E-state index in [1.54, 1.807) is 0 Å². The Morgan fingerprint density at radius 3 is 2.57 bits per heavy atom. The summed E-state index contributed by atoms with van der Waals surface area (Å²) in [6.45, 7) is 6.49. The highest BCUT2D eigenvalue weighted by molar-refractivity contribution is 5.89. The summed E-state index contributed by atoms with van der Waals surface area (Å²) in [6, 6.07) is 10.2. The molecule has 0 unspecified atom stereocenters. The fourth-order valence-corrected chi connectivity index (χ4v) is 2.80. The molecule has 1 aliphatic carbocycles. The first-order valence-corrected chi connectivity index (χ1v) is 8.07. The van der Waals surface area contributed by atoms with Crippen molar-refractivity contribution < 1.29 is 9.53 Å². The molecule has 0 radical (unpaired) electrons. The predicted octanol–water partition coefficient (Wildman–Crippen LogP) is 3.29.